The SMILES string of the molecule is CN(C)C(=O)c1ccc(N2CCOc3ccc(Cl)cc3C2)nn1. The van der Waals surface area contributed by atoms with Gasteiger partial charge in [0, 0.05) is 31.2 Å². The summed E-state index contributed by atoms with van der Waals surface area (Å²) < 4.78 is 5.74. The third-order valence-electron chi connectivity index (χ3n) is 3.60. The normalized spacial score (nSPS) is 13.8. The Labute approximate surface area is 139 Å². The molecule has 1 aliphatic heterocycles. The van der Waals surface area contributed by atoms with Gasteiger partial charge in [0.05, 0.1) is 6.54 Å². The smallest absolute Gasteiger partial charge is 0.273 e. The summed E-state index contributed by atoms with van der Waals surface area (Å²) in [4.78, 5) is 15.4. The van der Waals surface area contributed by atoms with Gasteiger partial charge in [-0.25, -0.2) is 0 Å². The number of carbonyl (C=O) groups is 1. The molecule has 2 heterocycles. The van der Waals surface area contributed by atoms with Crippen LogP contribution in [0.1, 0.15) is 16.1 Å². The molecule has 0 radical (unpaired) electrons. The molecule has 6 nitrogen and oxygen atoms in total. The number of rotatable bonds is 2. The Hall–Kier alpha value is -2.34. The fourth-order valence-corrected chi connectivity index (χ4v) is 2.59. The van der Waals surface area contributed by atoms with Crippen molar-refractivity contribution in [1.29, 1.82) is 0 Å². The van der Waals surface area contributed by atoms with Crippen LogP contribution in [0.5, 0.6) is 5.75 Å². The van der Waals surface area contributed by atoms with Crippen molar-refractivity contribution in [3.8, 4) is 5.75 Å². The van der Waals surface area contributed by atoms with Gasteiger partial charge in [-0.15, -0.1) is 10.2 Å². The van der Waals surface area contributed by atoms with Crippen molar-refractivity contribution in [3.05, 3.63) is 46.6 Å². The lowest BCUT2D eigenvalue weighted by Gasteiger charge is -2.20. The largest absolute Gasteiger partial charge is 0.491 e. The lowest BCUT2D eigenvalue weighted by atomic mass is 10.2. The number of amides is 1. The molecule has 0 fully saturated rings. The average molecular weight is 333 g/mol. The molecule has 0 aliphatic carbocycles. The van der Waals surface area contributed by atoms with E-state index >= 15 is 0 Å². The summed E-state index contributed by atoms with van der Waals surface area (Å²) in [5.41, 5.74) is 1.33. The minimum Gasteiger partial charge on any atom is -0.491 e. The summed E-state index contributed by atoms with van der Waals surface area (Å²) in [7, 11) is 3.37. The first-order chi connectivity index (χ1) is 11.0. The highest BCUT2D eigenvalue weighted by atomic mass is 35.5. The summed E-state index contributed by atoms with van der Waals surface area (Å²) in [5, 5.41) is 8.89. The van der Waals surface area contributed by atoms with Gasteiger partial charge in [0.1, 0.15) is 12.4 Å². The first-order valence-electron chi connectivity index (χ1n) is 7.26. The van der Waals surface area contributed by atoms with Crippen LogP contribution in [0.15, 0.2) is 30.3 Å². The Morgan fingerprint density at radius 2 is 2.09 bits per heavy atom. The lowest BCUT2D eigenvalue weighted by Crippen LogP contribution is -2.27. The second-order valence-corrected chi connectivity index (χ2v) is 5.93. The van der Waals surface area contributed by atoms with Crippen molar-refractivity contribution in [2.75, 3.05) is 32.1 Å². The van der Waals surface area contributed by atoms with E-state index in [1.165, 1.54) is 4.90 Å². The summed E-state index contributed by atoms with van der Waals surface area (Å²) in [6.45, 7) is 1.86. The zero-order chi connectivity index (χ0) is 16.4. The molecule has 2 aromatic rings. The van der Waals surface area contributed by atoms with Crippen molar-refractivity contribution < 1.29 is 9.53 Å². The summed E-state index contributed by atoms with van der Waals surface area (Å²) in [6, 6.07) is 9.09. The van der Waals surface area contributed by atoms with E-state index in [2.05, 4.69) is 15.1 Å². The van der Waals surface area contributed by atoms with E-state index in [4.69, 9.17) is 16.3 Å². The first-order valence-corrected chi connectivity index (χ1v) is 7.64. The molecule has 0 N–H and O–H groups in total. The third kappa shape index (κ3) is 3.37. The zero-order valence-corrected chi connectivity index (χ0v) is 13.7. The van der Waals surface area contributed by atoms with E-state index in [-0.39, 0.29) is 5.91 Å². The van der Waals surface area contributed by atoms with E-state index in [1.54, 1.807) is 26.2 Å². The maximum atomic E-state index is 11.9. The summed E-state index contributed by atoms with van der Waals surface area (Å²) in [5.74, 6) is 1.38. The van der Waals surface area contributed by atoms with Crippen molar-refractivity contribution in [1.82, 2.24) is 15.1 Å². The maximum absolute atomic E-state index is 11.9. The van der Waals surface area contributed by atoms with Crippen LogP contribution in [0.2, 0.25) is 5.02 Å². The van der Waals surface area contributed by atoms with Gasteiger partial charge in [-0.3, -0.25) is 4.79 Å². The van der Waals surface area contributed by atoms with E-state index < -0.39 is 0 Å². The van der Waals surface area contributed by atoms with Crippen LogP contribution in [0.4, 0.5) is 5.82 Å². The number of benzene rings is 1. The van der Waals surface area contributed by atoms with Crippen molar-refractivity contribution in [2.45, 2.75) is 6.54 Å². The Balaban J connectivity index is 1.83. The van der Waals surface area contributed by atoms with Gasteiger partial charge >= 0.3 is 0 Å². The minimum atomic E-state index is -0.166. The van der Waals surface area contributed by atoms with Crippen LogP contribution in [-0.4, -0.2) is 48.3 Å². The molecule has 7 heteroatoms. The fourth-order valence-electron chi connectivity index (χ4n) is 2.40. The number of ether oxygens (including phenoxy) is 1. The number of carbonyl (C=O) groups excluding carboxylic acids is 1. The van der Waals surface area contributed by atoms with E-state index in [0.29, 0.717) is 36.2 Å². The van der Waals surface area contributed by atoms with Gasteiger partial charge in [-0.05, 0) is 30.3 Å². The molecule has 1 aromatic carbocycles. The highest BCUT2D eigenvalue weighted by molar-refractivity contribution is 6.30. The topological polar surface area (TPSA) is 58.6 Å². The van der Waals surface area contributed by atoms with Crippen LogP contribution in [0, 0.1) is 0 Å². The van der Waals surface area contributed by atoms with Crippen LogP contribution in [0.25, 0.3) is 0 Å². The minimum absolute atomic E-state index is 0.166. The first kappa shape index (κ1) is 15.6. The van der Waals surface area contributed by atoms with E-state index in [0.717, 1.165) is 11.3 Å². The second-order valence-electron chi connectivity index (χ2n) is 5.50. The second kappa shape index (κ2) is 6.42. The van der Waals surface area contributed by atoms with Gasteiger partial charge in [0.25, 0.3) is 5.91 Å². The van der Waals surface area contributed by atoms with Gasteiger partial charge < -0.3 is 14.5 Å². The Bertz CT molecular complexity index is 719. The summed E-state index contributed by atoms with van der Waals surface area (Å²) >= 11 is 6.06. The highest BCUT2D eigenvalue weighted by Crippen LogP contribution is 2.27. The Kier molecular flexibility index (Phi) is 4.34. The van der Waals surface area contributed by atoms with Crippen molar-refractivity contribution >= 4 is 23.3 Å². The molecule has 1 amide bonds. The van der Waals surface area contributed by atoms with Crippen molar-refractivity contribution in [3.63, 3.8) is 0 Å². The lowest BCUT2D eigenvalue weighted by molar-refractivity contribution is 0.0821. The van der Waals surface area contributed by atoms with Crippen LogP contribution < -0.4 is 9.64 Å². The molecular weight excluding hydrogens is 316 g/mol. The maximum Gasteiger partial charge on any atom is 0.273 e. The number of aromatic nitrogens is 2. The molecule has 0 saturated carbocycles. The molecule has 120 valence electrons. The molecule has 23 heavy (non-hydrogen) atoms. The predicted molar refractivity (Wildman–Crippen MR) is 88.0 cm³/mol. The number of fused-ring (bicyclic) bond motifs is 1. The number of nitrogens with zero attached hydrogens (tertiary/aromatic N) is 4. The molecule has 0 atom stereocenters. The molecule has 1 aromatic heterocycles. The Morgan fingerprint density at radius 1 is 1.26 bits per heavy atom. The van der Waals surface area contributed by atoms with Crippen LogP contribution in [-0.2, 0) is 6.54 Å². The van der Waals surface area contributed by atoms with Gasteiger partial charge in [-0.1, -0.05) is 11.6 Å². The van der Waals surface area contributed by atoms with Crippen LogP contribution >= 0.6 is 11.6 Å². The fraction of sp³-hybridized carbons (Fsp3) is 0.312. The number of hydrogen-bond donors (Lipinski definition) is 0. The monoisotopic (exact) mass is 332 g/mol. The molecule has 3 rings (SSSR count). The van der Waals surface area contributed by atoms with E-state index in [1.807, 2.05) is 18.2 Å². The Morgan fingerprint density at radius 3 is 2.78 bits per heavy atom. The quantitative estimate of drug-likeness (QED) is 0.844. The molecular formula is C16H17ClN4O2. The predicted octanol–water partition coefficient (Wildman–Crippen LogP) is 2.23. The molecule has 0 unspecified atom stereocenters. The molecule has 1 aliphatic rings. The average Bonchev–Trinajstić information content (AvgIpc) is 2.76. The zero-order valence-electron chi connectivity index (χ0n) is 13.0. The highest BCUT2D eigenvalue weighted by Gasteiger charge is 2.18. The van der Waals surface area contributed by atoms with Gasteiger partial charge in [-0.2, -0.15) is 0 Å². The number of halogens is 1. The number of anilines is 1. The van der Waals surface area contributed by atoms with Gasteiger partial charge in [0.2, 0.25) is 0 Å². The number of hydrogen-bond acceptors (Lipinski definition) is 5. The third-order valence-corrected chi connectivity index (χ3v) is 3.84. The van der Waals surface area contributed by atoms with Gasteiger partial charge in [0.15, 0.2) is 11.5 Å². The molecule has 0 bridgehead atoms. The van der Waals surface area contributed by atoms with Crippen molar-refractivity contribution in [2.24, 2.45) is 0 Å². The summed E-state index contributed by atoms with van der Waals surface area (Å²) in [6.07, 6.45) is 0. The molecule has 0 spiro atoms. The van der Waals surface area contributed by atoms with E-state index in [9.17, 15) is 4.79 Å². The standard InChI is InChI=1S/C16H17ClN4O2/c1-20(2)16(22)13-4-6-15(19-18-13)21-7-8-23-14-5-3-12(17)9-11(14)10-21/h3-6,9H,7-8,10H2,1-2H3. The van der Waals surface area contributed by atoms with Crippen LogP contribution in [0.3, 0.4) is 0 Å². The molecule has 0 saturated heterocycles.